The van der Waals surface area contributed by atoms with Crippen LogP contribution in [-0.2, 0) is 16.2 Å². The van der Waals surface area contributed by atoms with Gasteiger partial charge in [0.1, 0.15) is 46.1 Å². The van der Waals surface area contributed by atoms with Crippen molar-refractivity contribution in [3.05, 3.63) is 69.0 Å². The molecule has 1 fully saturated rings. The van der Waals surface area contributed by atoms with E-state index in [2.05, 4.69) is 15.5 Å². The van der Waals surface area contributed by atoms with E-state index in [0.29, 0.717) is 22.8 Å². The second-order valence-corrected chi connectivity index (χ2v) is 12.0. The molecule has 38 heavy (non-hydrogen) atoms. The Bertz CT molecular complexity index is 1460. The largest absolute Gasteiger partial charge is 0.484 e. The zero-order valence-corrected chi connectivity index (χ0v) is 22.7. The smallest absolute Gasteiger partial charge is 0.352 e. The monoisotopic (exact) mass is 596 g/mol. The number of ether oxygens (including phenoxy) is 1. The molecule has 2 amide bonds. The van der Waals surface area contributed by atoms with Crippen LogP contribution in [0.25, 0.3) is 0 Å². The van der Waals surface area contributed by atoms with Crippen molar-refractivity contribution in [1.82, 2.24) is 20.4 Å². The van der Waals surface area contributed by atoms with E-state index in [4.69, 9.17) is 20.8 Å². The maximum atomic E-state index is 13.2. The van der Waals surface area contributed by atoms with Crippen LogP contribution < -0.4 is 10.1 Å². The standard InChI is InChI=1S/C23H18ClFN4O6S3/c1-10-27-28-23(38-10)37-9-11-8-36-21-17(20(31)29(21)18(11)22(32)33)26-19(30)16-5-3-13(35-16)7-34-15-4-2-12(25)6-14(15)24/h2-6,17,21H,7-9H2,1H3,(H,26,30)(H,32,33)/t17-,21+/m0/s1. The Kier molecular flexibility index (Phi) is 7.66. The lowest BCUT2D eigenvalue weighted by Crippen LogP contribution is -2.70. The molecule has 2 aliphatic rings. The van der Waals surface area contributed by atoms with E-state index < -0.39 is 35.0 Å². The highest BCUT2D eigenvalue weighted by Crippen LogP contribution is 2.42. The molecule has 198 valence electrons. The first-order valence-electron chi connectivity index (χ1n) is 11.0. The summed E-state index contributed by atoms with van der Waals surface area (Å²) in [5.41, 5.74) is 0.543. The quantitative estimate of drug-likeness (QED) is 0.276. The van der Waals surface area contributed by atoms with Gasteiger partial charge in [0.15, 0.2) is 10.1 Å². The number of nitrogens with one attached hydrogen (secondary N) is 1. The first-order chi connectivity index (χ1) is 18.2. The maximum absolute atomic E-state index is 13.2. The molecule has 0 bridgehead atoms. The molecule has 2 aliphatic heterocycles. The van der Waals surface area contributed by atoms with Gasteiger partial charge in [0.05, 0.1) is 5.02 Å². The van der Waals surface area contributed by atoms with Crippen LogP contribution in [0, 0.1) is 12.7 Å². The van der Waals surface area contributed by atoms with Crippen LogP contribution in [0.2, 0.25) is 5.02 Å². The van der Waals surface area contributed by atoms with Gasteiger partial charge in [-0.1, -0.05) is 34.7 Å². The van der Waals surface area contributed by atoms with Crippen LogP contribution >= 0.6 is 46.5 Å². The van der Waals surface area contributed by atoms with Crippen LogP contribution in [-0.4, -0.2) is 60.9 Å². The van der Waals surface area contributed by atoms with E-state index in [-0.39, 0.29) is 28.8 Å². The SMILES string of the molecule is Cc1nnc(SCC2=C(C(=O)O)N3C(=O)[C@H](NC(=O)c4ccc(COc5ccc(F)cc5Cl)o4)[C@H]3SC2)s1. The summed E-state index contributed by atoms with van der Waals surface area (Å²) in [4.78, 5) is 38.9. The molecule has 2 atom stereocenters. The number of aryl methyl sites for hydroxylation is 1. The van der Waals surface area contributed by atoms with Gasteiger partial charge in [0.25, 0.3) is 11.8 Å². The molecule has 0 saturated carbocycles. The van der Waals surface area contributed by atoms with Crippen molar-refractivity contribution in [1.29, 1.82) is 0 Å². The Morgan fingerprint density at radius 3 is 2.87 bits per heavy atom. The third kappa shape index (κ3) is 5.39. The van der Waals surface area contributed by atoms with E-state index in [1.165, 1.54) is 64.0 Å². The van der Waals surface area contributed by atoms with E-state index in [1.54, 1.807) is 0 Å². The molecular formula is C23H18ClFN4O6S3. The molecule has 1 aromatic carbocycles. The fourth-order valence-electron chi connectivity index (χ4n) is 3.81. The number of aliphatic carboxylic acids is 1. The number of aromatic nitrogens is 2. The topological polar surface area (TPSA) is 135 Å². The lowest BCUT2D eigenvalue weighted by atomic mass is 10.0. The Morgan fingerprint density at radius 1 is 1.34 bits per heavy atom. The molecular weight excluding hydrogens is 579 g/mol. The number of carbonyl (C=O) groups is 3. The highest BCUT2D eigenvalue weighted by atomic mass is 35.5. The molecule has 15 heteroatoms. The Hall–Kier alpha value is -3.07. The normalized spacial score (nSPS) is 18.7. The number of amides is 2. The number of β-lactam (4-membered cyclic amide) rings is 1. The fourth-order valence-corrected chi connectivity index (χ4v) is 7.33. The predicted molar refractivity (Wildman–Crippen MR) is 139 cm³/mol. The first kappa shape index (κ1) is 26.5. The van der Waals surface area contributed by atoms with Crippen LogP contribution in [0.3, 0.4) is 0 Å². The lowest BCUT2D eigenvalue weighted by molar-refractivity contribution is -0.148. The van der Waals surface area contributed by atoms with Crippen LogP contribution in [0.4, 0.5) is 4.39 Å². The summed E-state index contributed by atoms with van der Waals surface area (Å²) < 4.78 is 24.9. The summed E-state index contributed by atoms with van der Waals surface area (Å²) in [6, 6.07) is 5.77. The number of hydrogen-bond acceptors (Lipinski definition) is 10. The van der Waals surface area contributed by atoms with E-state index in [9.17, 15) is 23.9 Å². The molecule has 0 radical (unpaired) electrons. The summed E-state index contributed by atoms with van der Waals surface area (Å²) in [5.74, 6) is -1.56. The van der Waals surface area contributed by atoms with Crippen LogP contribution in [0.1, 0.15) is 21.3 Å². The Morgan fingerprint density at radius 2 is 2.16 bits per heavy atom. The third-order valence-electron chi connectivity index (χ3n) is 5.56. The van der Waals surface area contributed by atoms with Crippen molar-refractivity contribution in [2.75, 3.05) is 11.5 Å². The number of carbonyl (C=O) groups excluding carboxylic acids is 2. The zero-order chi connectivity index (χ0) is 27.0. The summed E-state index contributed by atoms with van der Waals surface area (Å²) in [6.45, 7) is 1.77. The van der Waals surface area contributed by atoms with Crippen LogP contribution in [0.5, 0.6) is 5.75 Å². The molecule has 0 aliphatic carbocycles. The van der Waals surface area contributed by atoms with Crippen molar-refractivity contribution in [3.8, 4) is 5.75 Å². The first-order valence-corrected chi connectivity index (χ1v) is 14.2. The Labute approximate surface area is 232 Å². The molecule has 4 heterocycles. The van der Waals surface area contributed by atoms with Crippen molar-refractivity contribution in [2.24, 2.45) is 0 Å². The Balaban J connectivity index is 1.20. The van der Waals surface area contributed by atoms with Crippen molar-refractivity contribution < 1.29 is 33.0 Å². The summed E-state index contributed by atoms with van der Waals surface area (Å²) in [6.07, 6.45) is 0. The predicted octanol–water partition coefficient (Wildman–Crippen LogP) is 3.96. The maximum Gasteiger partial charge on any atom is 0.352 e. The van der Waals surface area contributed by atoms with Crippen molar-refractivity contribution in [3.63, 3.8) is 0 Å². The number of benzene rings is 1. The second kappa shape index (κ2) is 11.0. The number of nitrogens with zero attached hydrogens (tertiary/aromatic N) is 3. The summed E-state index contributed by atoms with van der Waals surface area (Å²) in [7, 11) is 0. The molecule has 2 aromatic heterocycles. The third-order valence-corrected chi connectivity index (χ3v) is 9.26. The van der Waals surface area contributed by atoms with E-state index in [0.717, 1.165) is 15.4 Å². The number of halogens is 2. The van der Waals surface area contributed by atoms with Gasteiger partial charge in [-0.15, -0.1) is 22.0 Å². The molecule has 1 saturated heterocycles. The minimum Gasteiger partial charge on any atom is -0.484 e. The van der Waals surface area contributed by atoms with Gasteiger partial charge in [-0.2, -0.15) is 0 Å². The van der Waals surface area contributed by atoms with Gasteiger partial charge < -0.3 is 19.6 Å². The molecule has 0 unspecified atom stereocenters. The van der Waals surface area contributed by atoms with Crippen molar-refractivity contribution >= 4 is 64.2 Å². The second-order valence-electron chi connectivity index (χ2n) is 8.12. The van der Waals surface area contributed by atoms with Crippen LogP contribution in [0.15, 0.2) is 50.4 Å². The zero-order valence-electron chi connectivity index (χ0n) is 19.5. The average molecular weight is 597 g/mol. The van der Waals surface area contributed by atoms with Crippen molar-refractivity contribution in [2.45, 2.75) is 29.3 Å². The number of carboxylic acid groups (broad SMARTS) is 1. The highest BCUT2D eigenvalue weighted by molar-refractivity contribution is 8.01. The minimum atomic E-state index is -1.20. The van der Waals surface area contributed by atoms with Gasteiger partial charge in [-0.25, -0.2) is 9.18 Å². The molecule has 3 aromatic rings. The lowest BCUT2D eigenvalue weighted by Gasteiger charge is -2.49. The molecule has 5 rings (SSSR count). The number of thioether (sulfide) groups is 2. The van der Waals surface area contributed by atoms with Gasteiger partial charge in [-0.3, -0.25) is 14.5 Å². The fraction of sp³-hybridized carbons (Fsp3) is 0.261. The number of carboxylic acids is 1. The van der Waals surface area contributed by atoms with Gasteiger partial charge in [-0.05, 0) is 42.8 Å². The number of furan rings is 1. The summed E-state index contributed by atoms with van der Waals surface area (Å²) >= 11 is 10.1. The minimum absolute atomic E-state index is 0.0423. The van der Waals surface area contributed by atoms with Gasteiger partial charge in [0, 0.05) is 11.5 Å². The average Bonchev–Trinajstić information content (AvgIpc) is 3.53. The molecule has 0 spiro atoms. The molecule has 10 nitrogen and oxygen atoms in total. The van der Waals surface area contributed by atoms with E-state index >= 15 is 0 Å². The van der Waals surface area contributed by atoms with E-state index in [1.807, 2.05) is 6.92 Å². The molecule has 2 N–H and O–H groups in total. The van der Waals surface area contributed by atoms with Gasteiger partial charge in [0.2, 0.25) is 0 Å². The summed E-state index contributed by atoms with van der Waals surface area (Å²) in [5, 5.41) is 20.8. The number of hydrogen-bond donors (Lipinski definition) is 2. The number of fused-ring (bicyclic) bond motifs is 1. The number of rotatable bonds is 9. The van der Waals surface area contributed by atoms with Gasteiger partial charge >= 0.3 is 5.97 Å². The highest BCUT2D eigenvalue weighted by Gasteiger charge is 2.54.